The van der Waals surface area contributed by atoms with Gasteiger partial charge in [0.1, 0.15) is 11.0 Å². The van der Waals surface area contributed by atoms with Crippen molar-refractivity contribution >= 4 is 17.4 Å². The molecule has 0 aromatic carbocycles. The first kappa shape index (κ1) is 15.3. The van der Waals surface area contributed by atoms with Gasteiger partial charge in [-0.05, 0) is 19.4 Å². The summed E-state index contributed by atoms with van der Waals surface area (Å²) >= 11 is 5.58. The summed E-state index contributed by atoms with van der Waals surface area (Å²) in [6, 6.07) is 1.92. The van der Waals surface area contributed by atoms with Crippen LogP contribution < -0.4 is 5.32 Å². The first-order valence-electron chi connectivity index (χ1n) is 6.50. The molecule has 8 heteroatoms. The second-order valence-electron chi connectivity index (χ2n) is 4.68. The largest absolute Gasteiger partial charge is 0.451 e. The van der Waals surface area contributed by atoms with Crippen molar-refractivity contribution in [2.24, 2.45) is 0 Å². The minimum Gasteiger partial charge on any atom is -0.369 e. The van der Waals surface area contributed by atoms with Crippen LogP contribution in [0.1, 0.15) is 25.6 Å². The molecule has 1 heterocycles. The fraction of sp³-hybridized carbons (Fsp3) is 0.667. The summed E-state index contributed by atoms with van der Waals surface area (Å²) in [5, 5.41) is 2.65. The lowest BCUT2D eigenvalue weighted by atomic mass is 10.4. The number of hydrogen-bond donors (Lipinski definition) is 1. The third kappa shape index (κ3) is 4.21. The molecule has 0 saturated heterocycles. The molecule has 0 radical (unpaired) electrons. The van der Waals surface area contributed by atoms with Gasteiger partial charge in [0.25, 0.3) is 0 Å². The number of aromatic nitrogens is 2. The van der Waals surface area contributed by atoms with Crippen LogP contribution in [0, 0.1) is 0 Å². The molecule has 20 heavy (non-hydrogen) atoms. The van der Waals surface area contributed by atoms with Crippen molar-refractivity contribution < 1.29 is 13.2 Å². The molecule has 2 rings (SSSR count). The second kappa shape index (κ2) is 6.13. The molecule has 1 fully saturated rings. The van der Waals surface area contributed by atoms with Crippen molar-refractivity contribution in [1.29, 1.82) is 0 Å². The number of alkyl halides is 3. The summed E-state index contributed by atoms with van der Waals surface area (Å²) in [6.07, 6.45) is -2.19. The summed E-state index contributed by atoms with van der Waals surface area (Å²) < 4.78 is 37.6. The highest BCUT2D eigenvalue weighted by Gasteiger charge is 2.35. The summed E-state index contributed by atoms with van der Waals surface area (Å²) in [6.45, 7) is 4.30. The zero-order valence-electron chi connectivity index (χ0n) is 11.0. The Hall–Kier alpha value is -1.08. The average molecular weight is 309 g/mol. The minimum atomic E-state index is -4.59. The van der Waals surface area contributed by atoms with E-state index in [1.54, 1.807) is 0 Å². The van der Waals surface area contributed by atoms with Crippen LogP contribution in [0.3, 0.4) is 0 Å². The van der Waals surface area contributed by atoms with E-state index in [4.69, 9.17) is 11.6 Å². The standard InChI is InChI=1S/C12H16ClF3N4/c1-2-20(8-3-4-8)6-5-17-10-7-9(13)18-11(19-10)12(14,15)16/h7-8H,2-6H2,1H3,(H,17,18,19). The molecule has 0 aliphatic heterocycles. The fourth-order valence-electron chi connectivity index (χ4n) is 2.00. The van der Waals surface area contributed by atoms with Gasteiger partial charge < -0.3 is 5.32 Å². The predicted molar refractivity (Wildman–Crippen MR) is 70.8 cm³/mol. The highest BCUT2D eigenvalue weighted by Crippen LogP contribution is 2.28. The topological polar surface area (TPSA) is 41.0 Å². The Balaban J connectivity index is 1.93. The van der Waals surface area contributed by atoms with Gasteiger partial charge in [0.2, 0.25) is 5.82 Å². The molecule has 0 bridgehead atoms. The number of nitrogens with zero attached hydrogens (tertiary/aromatic N) is 3. The lowest BCUT2D eigenvalue weighted by molar-refractivity contribution is -0.144. The van der Waals surface area contributed by atoms with E-state index in [-0.39, 0.29) is 11.0 Å². The van der Waals surface area contributed by atoms with E-state index in [0.717, 1.165) is 13.1 Å². The second-order valence-corrected chi connectivity index (χ2v) is 5.07. The van der Waals surface area contributed by atoms with Gasteiger partial charge in [-0.25, -0.2) is 9.97 Å². The first-order chi connectivity index (χ1) is 9.40. The van der Waals surface area contributed by atoms with E-state index in [2.05, 4.69) is 27.1 Å². The zero-order valence-corrected chi connectivity index (χ0v) is 11.8. The Morgan fingerprint density at radius 3 is 2.65 bits per heavy atom. The summed E-state index contributed by atoms with van der Waals surface area (Å²) in [5.74, 6) is -1.12. The smallest absolute Gasteiger partial charge is 0.369 e. The van der Waals surface area contributed by atoms with E-state index >= 15 is 0 Å². The number of anilines is 1. The third-order valence-corrected chi connectivity index (χ3v) is 3.32. The van der Waals surface area contributed by atoms with Crippen molar-refractivity contribution in [2.45, 2.75) is 32.0 Å². The third-order valence-electron chi connectivity index (χ3n) is 3.12. The first-order valence-corrected chi connectivity index (χ1v) is 6.87. The van der Waals surface area contributed by atoms with E-state index in [0.29, 0.717) is 12.6 Å². The Morgan fingerprint density at radius 1 is 1.40 bits per heavy atom. The lowest BCUT2D eigenvalue weighted by Gasteiger charge is -2.20. The summed E-state index contributed by atoms with van der Waals surface area (Å²) in [5.41, 5.74) is 0. The molecule has 0 atom stereocenters. The minimum absolute atomic E-state index is 0.101. The van der Waals surface area contributed by atoms with Crippen molar-refractivity contribution in [3.8, 4) is 0 Å². The average Bonchev–Trinajstić information content (AvgIpc) is 3.17. The van der Waals surface area contributed by atoms with Gasteiger partial charge >= 0.3 is 6.18 Å². The van der Waals surface area contributed by atoms with Gasteiger partial charge in [-0.3, -0.25) is 4.90 Å². The highest BCUT2D eigenvalue weighted by molar-refractivity contribution is 6.29. The molecule has 1 saturated carbocycles. The van der Waals surface area contributed by atoms with E-state index in [9.17, 15) is 13.2 Å². The van der Waals surface area contributed by atoms with Crippen LogP contribution in [-0.2, 0) is 6.18 Å². The maximum Gasteiger partial charge on any atom is 0.451 e. The van der Waals surface area contributed by atoms with E-state index < -0.39 is 12.0 Å². The van der Waals surface area contributed by atoms with Crippen LogP contribution in [0.2, 0.25) is 5.15 Å². The molecule has 0 spiro atoms. The molecule has 1 aromatic heterocycles. The number of rotatable bonds is 6. The van der Waals surface area contributed by atoms with Gasteiger partial charge in [-0.15, -0.1) is 0 Å². The molecule has 1 aromatic rings. The van der Waals surface area contributed by atoms with Crippen LogP contribution in [-0.4, -0.2) is 40.5 Å². The van der Waals surface area contributed by atoms with Crippen molar-refractivity contribution in [3.05, 3.63) is 17.0 Å². The number of halogens is 4. The zero-order chi connectivity index (χ0) is 14.8. The van der Waals surface area contributed by atoms with E-state index in [1.165, 1.54) is 18.9 Å². The quantitative estimate of drug-likeness (QED) is 0.820. The monoisotopic (exact) mass is 308 g/mol. The number of likely N-dealkylation sites (N-methyl/N-ethyl adjacent to an activating group) is 1. The number of hydrogen-bond acceptors (Lipinski definition) is 4. The molecule has 1 aliphatic rings. The lowest BCUT2D eigenvalue weighted by Crippen LogP contribution is -2.31. The van der Waals surface area contributed by atoms with Gasteiger partial charge in [-0.2, -0.15) is 13.2 Å². The number of nitrogens with one attached hydrogen (secondary N) is 1. The van der Waals surface area contributed by atoms with Crippen molar-refractivity contribution in [2.75, 3.05) is 25.0 Å². The molecule has 0 unspecified atom stereocenters. The maximum atomic E-state index is 12.5. The molecule has 4 nitrogen and oxygen atoms in total. The van der Waals surface area contributed by atoms with Gasteiger partial charge in [0.15, 0.2) is 0 Å². The van der Waals surface area contributed by atoms with Crippen LogP contribution in [0.25, 0.3) is 0 Å². The molecule has 0 amide bonds. The van der Waals surface area contributed by atoms with Crippen LogP contribution in [0.5, 0.6) is 0 Å². The van der Waals surface area contributed by atoms with Crippen LogP contribution >= 0.6 is 11.6 Å². The Kier molecular flexibility index (Phi) is 4.70. The van der Waals surface area contributed by atoms with Gasteiger partial charge in [-0.1, -0.05) is 18.5 Å². The van der Waals surface area contributed by atoms with Crippen LogP contribution in [0.15, 0.2) is 6.07 Å². The van der Waals surface area contributed by atoms with E-state index in [1.807, 2.05) is 0 Å². The fourth-order valence-corrected chi connectivity index (χ4v) is 2.18. The SMILES string of the molecule is CCN(CCNc1cc(Cl)nc(C(F)(F)F)n1)C1CC1. The molecule has 1 N–H and O–H groups in total. The van der Waals surface area contributed by atoms with Gasteiger partial charge in [0.05, 0.1) is 0 Å². The Bertz CT molecular complexity index is 463. The highest BCUT2D eigenvalue weighted by atomic mass is 35.5. The van der Waals surface area contributed by atoms with Crippen molar-refractivity contribution in [1.82, 2.24) is 14.9 Å². The molecular formula is C12H16ClF3N4. The summed E-state index contributed by atoms with van der Waals surface area (Å²) in [7, 11) is 0. The van der Waals surface area contributed by atoms with Crippen molar-refractivity contribution in [3.63, 3.8) is 0 Å². The van der Waals surface area contributed by atoms with Gasteiger partial charge in [0, 0.05) is 25.2 Å². The maximum absolute atomic E-state index is 12.5. The summed E-state index contributed by atoms with van der Waals surface area (Å²) in [4.78, 5) is 8.91. The molecule has 1 aliphatic carbocycles. The Morgan fingerprint density at radius 2 is 2.10 bits per heavy atom. The molecular weight excluding hydrogens is 293 g/mol. The molecule has 112 valence electrons. The predicted octanol–water partition coefficient (Wildman–Crippen LogP) is 3.05. The normalized spacial score (nSPS) is 15.7. The van der Waals surface area contributed by atoms with Crippen LogP contribution in [0.4, 0.5) is 19.0 Å². The Labute approximate surface area is 120 Å².